The largest absolute Gasteiger partial charge is 0.383 e. The third-order valence-electron chi connectivity index (χ3n) is 3.53. The van der Waals surface area contributed by atoms with Gasteiger partial charge in [-0.15, -0.1) is 0 Å². The number of rotatable bonds is 4. The van der Waals surface area contributed by atoms with Crippen molar-refractivity contribution in [2.75, 3.05) is 26.8 Å². The molecule has 19 heavy (non-hydrogen) atoms. The van der Waals surface area contributed by atoms with Crippen LogP contribution in [0.2, 0.25) is 0 Å². The fourth-order valence-electron chi connectivity index (χ4n) is 2.54. The summed E-state index contributed by atoms with van der Waals surface area (Å²) in [7, 11) is 1.71. The van der Waals surface area contributed by atoms with Crippen LogP contribution in [0.1, 0.15) is 24.8 Å². The van der Waals surface area contributed by atoms with Gasteiger partial charge in [0.15, 0.2) is 5.11 Å². The molecule has 4 heteroatoms. The van der Waals surface area contributed by atoms with Crippen molar-refractivity contribution in [1.82, 2.24) is 10.2 Å². The van der Waals surface area contributed by atoms with Crippen LogP contribution >= 0.6 is 12.2 Å². The number of hydrogen-bond acceptors (Lipinski definition) is 2. The number of nitrogens with one attached hydrogen (secondary N) is 1. The minimum absolute atomic E-state index is 0.258. The first kappa shape index (κ1) is 14.3. The second-order valence-electron chi connectivity index (χ2n) is 5.15. The number of benzene rings is 1. The molecule has 0 aliphatic carbocycles. The fraction of sp³-hybridized carbons (Fsp3) is 0.533. The van der Waals surface area contributed by atoms with Gasteiger partial charge in [-0.3, -0.25) is 0 Å². The molecule has 0 bridgehead atoms. The lowest BCUT2D eigenvalue weighted by Crippen LogP contribution is -2.44. The topological polar surface area (TPSA) is 24.5 Å². The maximum atomic E-state index is 5.47. The van der Waals surface area contributed by atoms with E-state index in [1.165, 1.54) is 12.0 Å². The summed E-state index contributed by atoms with van der Waals surface area (Å²) in [5.74, 6) is 0.596. The van der Waals surface area contributed by atoms with E-state index in [1.54, 1.807) is 7.11 Å². The Morgan fingerprint density at radius 2 is 2.21 bits per heavy atom. The lowest BCUT2D eigenvalue weighted by molar-refractivity contribution is 0.178. The van der Waals surface area contributed by atoms with E-state index in [4.69, 9.17) is 17.0 Å². The third-order valence-corrected chi connectivity index (χ3v) is 3.91. The standard InChI is InChI=1S/C15H22N2OS/c1-12(11-18-2)16-15(19)17-9-8-14(10-17)13-6-4-3-5-7-13/h3-7,12,14H,8-11H2,1-2H3,(H,16,19). The number of ether oxygens (including phenoxy) is 1. The highest BCUT2D eigenvalue weighted by Crippen LogP contribution is 2.26. The molecule has 0 aromatic heterocycles. The highest BCUT2D eigenvalue weighted by Gasteiger charge is 2.25. The molecule has 1 fully saturated rings. The predicted molar refractivity (Wildman–Crippen MR) is 82.4 cm³/mol. The first-order valence-corrected chi connectivity index (χ1v) is 7.21. The van der Waals surface area contributed by atoms with Gasteiger partial charge in [0.1, 0.15) is 0 Å². The van der Waals surface area contributed by atoms with Gasteiger partial charge >= 0.3 is 0 Å². The van der Waals surface area contributed by atoms with Gasteiger partial charge in [-0.2, -0.15) is 0 Å². The van der Waals surface area contributed by atoms with E-state index in [-0.39, 0.29) is 6.04 Å². The van der Waals surface area contributed by atoms with E-state index in [0.717, 1.165) is 18.2 Å². The van der Waals surface area contributed by atoms with Crippen LogP contribution in [0.15, 0.2) is 30.3 Å². The van der Waals surface area contributed by atoms with Gasteiger partial charge in [0.05, 0.1) is 6.61 Å². The Bertz CT molecular complexity index is 410. The van der Waals surface area contributed by atoms with Crippen LogP contribution in [0.25, 0.3) is 0 Å². The summed E-state index contributed by atoms with van der Waals surface area (Å²) in [6.07, 6.45) is 1.17. The first-order valence-electron chi connectivity index (χ1n) is 6.80. The monoisotopic (exact) mass is 278 g/mol. The first-order chi connectivity index (χ1) is 9.20. The van der Waals surface area contributed by atoms with E-state index in [2.05, 4.69) is 47.5 Å². The molecule has 104 valence electrons. The molecule has 1 aliphatic rings. The summed E-state index contributed by atoms with van der Waals surface area (Å²) in [5.41, 5.74) is 1.41. The third kappa shape index (κ3) is 3.91. The van der Waals surface area contributed by atoms with Crippen LogP contribution in [0, 0.1) is 0 Å². The lowest BCUT2D eigenvalue weighted by atomic mass is 9.99. The van der Waals surface area contributed by atoms with Gasteiger partial charge in [-0.1, -0.05) is 30.3 Å². The molecule has 1 aromatic rings. The van der Waals surface area contributed by atoms with Gasteiger partial charge in [0, 0.05) is 32.2 Å². The van der Waals surface area contributed by atoms with Gasteiger partial charge in [-0.25, -0.2) is 0 Å². The molecule has 0 radical (unpaired) electrons. The molecule has 1 N–H and O–H groups in total. The minimum Gasteiger partial charge on any atom is -0.383 e. The molecule has 2 rings (SSSR count). The predicted octanol–water partition coefficient (Wildman–Crippen LogP) is 2.39. The molecule has 0 spiro atoms. The Balaban J connectivity index is 1.86. The van der Waals surface area contributed by atoms with Crippen molar-refractivity contribution in [3.8, 4) is 0 Å². The Hall–Kier alpha value is -1.13. The molecule has 2 atom stereocenters. The zero-order valence-corrected chi connectivity index (χ0v) is 12.5. The van der Waals surface area contributed by atoms with Gasteiger partial charge in [0.25, 0.3) is 0 Å². The molecule has 3 nitrogen and oxygen atoms in total. The lowest BCUT2D eigenvalue weighted by Gasteiger charge is -2.23. The van der Waals surface area contributed by atoms with Crippen LogP contribution in [0.5, 0.6) is 0 Å². The van der Waals surface area contributed by atoms with E-state index in [0.29, 0.717) is 12.5 Å². The zero-order valence-electron chi connectivity index (χ0n) is 11.6. The van der Waals surface area contributed by atoms with E-state index >= 15 is 0 Å². The van der Waals surface area contributed by atoms with Crippen LogP contribution in [0.4, 0.5) is 0 Å². The Kier molecular flexibility index (Phi) is 5.16. The average Bonchev–Trinajstić information content (AvgIpc) is 2.89. The highest BCUT2D eigenvalue weighted by atomic mass is 32.1. The molecule has 1 saturated heterocycles. The number of hydrogen-bond donors (Lipinski definition) is 1. The normalized spacial score (nSPS) is 20.3. The summed E-state index contributed by atoms with van der Waals surface area (Å²) >= 11 is 5.47. The summed E-state index contributed by atoms with van der Waals surface area (Å²) in [6, 6.07) is 10.9. The molecule has 0 amide bonds. The Labute approximate surface area is 120 Å². The molecule has 1 aliphatic heterocycles. The van der Waals surface area contributed by atoms with E-state index in [1.807, 2.05) is 0 Å². The quantitative estimate of drug-likeness (QED) is 0.855. The van der Waals surface area contributed by atoms with Crippen molar-refractivity contribution in [2.45, 2.75) is 25.3 Å². The van der Waals surface area contributed by atoms with E-state index < -0.39 is 0 Å². The van der Waals surface area contributed by atoms with Crippen molar-refractivity contribution < 1.29 is 4.74 Å². The minimum atomic E-state index is 0.258. The van der Waals surface area contributed by atoms with E-state index in [9.17, 15) is 0 Å². The van der Waals surface area contributed by atoms with Crippen molar-refractivity contribution in [3.05, 3.63) is 35.9 Å². The second-order valence-corrected chi connectivity index (χ2v) is 5.53. The molecule has 1 aromatic carbocycles. The average molecular weight is 278 g/mol. The maximum Gasteiger partial charge on any atom is 0.169 e. The number of thiocarbonyl (C=S) groups is 1. The molecule has 1 heterocycles. The SMILES string of the molecule is COCC(C)NC(=S)N1CCC(c2ccccc2)C1. The zero-order chi connectivity index (χ0) is 13.7. The molecule has 0 saturated carbocycles. The van der Waals surface area contributed by atoms with Crippen LogP contribution in [-0.4, -0.2) is 42.9 Å². The number of likely N-dealkylation sites (tertiary alicyclic amines) is 1. The summed E-state index contributed by atoms with van der Waals surface area (Å²) < 4.78 is 5.12. The van der Waals surface area contributed by atoms with Crippen LogP contribution in [0.3, 0.4) is 0 Å². The maximum absolute atomic E-state index is 5.47. The van der Waals surface area contributed by atoms with Crippen LogP contribution < -0.4 is 5.32 Å². The Morgan fingerprint density at radius 1 is 1.47 bits per heavy atom. The fourth-order valence-corrected chi connectivity index (χ4v) is 2.90. The summed E-state index contributed by atoms with van der Waals surface area (Å²) in [6.45, 7) is 4.80. The molecular formula is C15H22N2OS. The molecule has 2 unspecified atom stereocenters. The van der Waals surface area contributed by atoms with Gasteiger partial charge in [0.2, 0.25) is 0 Å². The number of methoxy groups -OCH3 is 1. The van der Waals surface area contributed by atoms with Crippen molar-refractivity contribution in [2.24, 2.45) is 0 Å². The smallest absolute Gasteiger partial charge is 0.169 e. The number of nitrogens with zero attached hydrogens (tertiary/aromatic N) is 1. The van der Waals surface area contributed by atoms with Crippen LogP contribution in [-0.2, 0) is 4.74 Å². The molecular weight excluding hydrogens is 256 g/mol. The Morgan fingerprint density at radius 3 is 2.89 bits per heavy atom. The van der Waals surface area contributed by atoms with Gasteiger partial charge in [-0.05, 0) is 31.1 Å². The second kappa shape index (κ2) is 6.87. The van der Waals surface area contributed by atoms with Crippen molar-refractivity contribution in [3.63, 3.8) is 0 Å². The van der Waals surface area contributed by atoms with Gasteiger partial charge < -0.3 is 15.0 Å². The van der Waals surface area contributed by atoms with Crippen molar-refractivity contribution >= 4 is 17.3 Å². The summed E-state index contributed by atoms with van der Waals surface area (Å²) in [4.78, 5) is 2.26. The highest BCUT2D eigenvalue weighted by molar-refractivity contribution is 7.80. The summed E-state index contributed by atoms with van der Waals surface area (Å²) in [5, 5.41) is 4.18. The van der Waals surface area contributed by atoms with Crippen molar-refractivity contribution in [1.29, 1.82) is 0 Å².